The number of carbonyl (C=O) groups is 1. The Morgan fingerprint density at radius 2 is 1.80 bits per heavy atom. The number of anilines is 2. The topological polar surface area (TPSA) is 102 Å². The molecular weight excluding hydrogens is 444 g/mol. The van der Waals surface area contributed by atoms with Crippen molar-refractivity contribution in [2.24, 2.45) is 0 Å². The van der Waals surface area contributed by atoms with E-state index in [0.29, 0.717) is 17.3 Å². The number of amides is 1. The quantitative estimate of drug-likeness (QED) is 0.276. The molecule has 1 fully saturated rings. The molecule has 1 aliphatic heterocycles. The second kappa shape index (κ2) is 8.87. The lowest BCUT2D eigenvalue weighted by Gasteiger charge is -2.18. The number of hydrogen-bond acceptors (Lipinski definition) is 6. The van der Waals surface area contributed by atoms with E-state index in [4.69, 9.17) is 4.42 Å². The van der Waals surface area contributed by atoms with E-state index >= 15 is 0 Å². The molecule has 8 nitrogen and oxygen atoms in total. The molecule has 1 amide bonds. The number of nitro benzene ring substituents is 1. The number of carbonyl (C=O) groups excluding carboxylic acids is 1. The van der Waals surface area contributed by atoms with E-state index < -0.39 is 10.8 Å². The summed E-state index contributed by atoms with van der Waals surface area (Å²) in [5.74, 6) is 0.0557. The summed E-state index contributed by atoms with van der Waals surface area (Å²) in [7, 11) is 0. The van der Waals surface area contributed by atoms with Crippen molar-refractivity contribution in [2.75, 3.05) is 23.3 Å². The van der Waals surface area contributed by atoms with Crippen LogP contribution in [0.25, 0.3) is 22.6 Å². The average molecular weight is 471 g/mol. The van der Waals surface area contributed by atoms with Crippen molar-refractivity contribution in [1.82, 2.24) is 4.98 Å². The molecule has 1 saturated heterocycles. The number of rotatable bonds is 5. The molecular formula is C27H26N4O4. The molecule has 0 bridgehead atoms. The molecule has 0 radical (unpaired) electrons. The first-order valence-electron chi connectivity index (χ1n) is 11.6. The summed E-state index contributed by atoms with van der Waals surface area (Å²) in [6.07, 6.45) is 2.02. The molecule has 5 rings (SSSR count). The van der Waals surface area contributed by atoms with Gasteiger partial charge in [0.25, 0.3) is 11.6 Å². The Hall–Kier alpha value is -4.20. The highest BCUT2D eigenvalue weighted by Crippen LogP contribution is 2.33. The number of nitro groups is 1. The number of aromatic nitrogens is 1. The fraction of sp³-hybridized carbons (Fsp3) is 0.259. The predicted octanol–water partition coefficient (Wildman–Crippen LogP) is 6.18. The number of nitrogens with one attached hydrogen (secondary N) is 1. The zero-order chi connectivity index (χ0) is 24.7. The normalized spacial score (nSPS) is 13.4. The zero-order valence-electron chi connectivity index (χ0n) is 19.9. The Morgan fingerprint density at radius 3 is 2.54 bits per heavy atom. The summed E-state index contributed by atoms with van der Waals surface area (Å²) in [4.78, 5) is 31.0. The van der Waals surface area contributed by atoms with Crippen LogP contribution in [0.4, 0.5) is 17.1 Å². The van der Waals surface area contributed by atoms with Crippen LogP contribution in [-0.4, -0.2) is 28.9 Å². The Balaban J connectivity index is 1.44. The monoisotopic (exact) mass is 470 g/mol. The van der Waals surface area contributed by atoms with E-state index in [9.17, 15) is 14.9 Å². The predicted molar refractivity (Wildman–Crippen MR) is 136 cm³/mol. The van der Waals surface area contributed by atoms with Gasteiger partial charge in [0.2, 0.25) is 5.89 Å². The van der Waals surface area contributed by atoms with Crippen LogP contribution in [0.3, 0.4) is 0 Å². The zero-order valence-corrected chi connectivity index (χ0v) is 19.9. The molecule has 8 heteroatoms. The lowest BCUT2D eigenvalue weighted by molar-refractivity contribution is -0.384. The van der Waals surface area contributed by atoms with Gasteiger partial charge in [-0.15, -0.1) is 0 Å². The Labute approximate surface area is 202 Å². The number of aryl methyl sites for hydroxylation is 3. The number of fused-ring (bicyclic) bond motifs is 1. The Morgan fingerprint density at radius 1 is 1.03 bits per heavy atom. The van der Waals surface area contributed by atoms with Gasteiger partial charge in [-0.05, 0) is 80.6 Å². The molecule has 0 spiro atoms. The lowest BCUT2D eigenvalue weighted by atomic mass is 10.1. The molecule has 1 aliphatic rings. The van der Waals surface area contributed by atoms with Crippen molar-refractivity contribution in [3.8, 4) is 11.5 Å². The van der Waals surface area contributed by atoms with E-state index in [1.807, 2.05) is 56.0 Å². The third-order valence-electron chi connectivity index (χ3n) is 6.43. The maximum atomic E-state index is 13.1. The van der Waals surface area contributed by atoms with Crippen LogP contribution in [0.15, 0.2) is 52.9 Å². The number of nitrogens with zero attached hydrogens (tertiary/aromatic N) is 3. The van der Waals surface area contributed by atoms with Gasteiger partial charge in [-0.1, -0.05) is 12.1 Å². The first kappa shape index (κ1) is 22.6. The molecule has 35 heavy (non-hydrogen) atoms. The fourth-order valence-corrected chi connectivity index (χ4v) is 4.62. The van der Waals surface area contributed by atoms with Crippen LogP contribution in [-0.2, 0) is 0 Å². The van der Waals surface area contributed by atoms with Crippen LogP contribution in [0, 0.1) is 30.9 Å². The molecule has 0 aliphatic carbocycles. The molecule has 4 aromatic rings. The van der Waals surface area contributed by atoms with Gasteiger partial charge in [0.15, 0.2) is 5.58 Å². The molecule has 0 atom stereocenters. The molecule has 1 N–H and O–H groups in total. The molecule has 1 aromatic heterocycles. The average Bonchev–Trinajstić information content (AvgIpc) is 3.50. The SMILES string of the molecule is Cc1cc(C)c2oc(-c3ccc(C)c(NC(=O)c4ccc(N5CCCC5)c([N+](=O)[O-])c4)c3)nc2c1. The minimum Gasteiger partial charge on any atom is -0.436 e. The van der Waals surface area contributed by atoms with E-state index in [1.54, 1.807) is 12.1 Å². The summed E-state index contributed by atoms with van der Waals surface area (Å²) in [6, 6.07) is 14.3. The largest absolute Gasteiger partial charge is 0.436 e. The standard InChI is InChI=1S/C27H26N4O4/c1-16-12-18(3)25-22(13-16)29-27(35-25)20-7-6-17(2)21(14-20)28-26(32)19-8-9-23(24(15-19)31(33)34)30-10-4-5-11-30/h6-9,12-15H,4-5,10-11H2,1-3H3,(H,28,32). The van der Waals surface area contributed by atoms with Crippen LogP contribution < -0.4 is 10.2 Å². The minimum absolute atomic E-state index is 0.0536. The minimum atomic E-state index is -0.423. The molecule has 2 heterocycles. The van der Waals surface area contributed by atoms with Gasteiger partial charge < -0.3 is 14.6 Å². The summed E-state index contributed by atoms with van der Waals surface area (Å²) < 4.78 is 6.02. The van der Waals surface area contributed by atoms with E-state index in [2.05, 4.69) is 10.3 Å². The van der Waals surface area contributed by atoms with Gasteiger partial charge in [-0.2, -0.15) is 0 Å². The highest BCUT2D eigenvalue weighted by atomic mass is 16.6. The first-order valence-corrected chi connectivity index (χ1v) is 11.6. The van der Waals surface area contributed by atoms with Crippen LogP contribution in [0.5, 0.6) is 0 Å². The second-order valence-corrected chi connectivity index (χ2v) is 9.09. The summed E-state index contributed by atoms with van der Waals surface area (Å²) in [6.45, 7) is 7.46. The van der Waals surface area contributed by atoms with Crippen molar-refractivity contribution >= 4 is 34.1 Å². The van der Waals surface area contributed by atoms with Crippen LogP contribution in [0.1, 0.15) is 39.9 Å². The maximum absolute atomic E-state index is 13.1. The van der Waals surface area contributed by atoms with Crippen molar-refractivity contribution < 1.29 is 14.1 Å². The second-order valence-electron chi connectivity index (χ2n) is 9.09. The Kier molecular flexibility index (Phi) is 5.72. The highest BCUT2D eigenvalue weighted by Gasteiger charge is 2.24. The van der Waals surface area contributed by atoms with Crippen molar-refractivity contribution in [1.29, 1.82) is 0 Å². The van der Waals surface area contributed by atoms with E-state index in [0.717, 1.165) is 59.3 Å². The van der Waals surface area contributed by atoms with Gasteiger partial charge in [-0.3, -0.25) is 14.9 Å². The summed E-state index contributed by atoms with van der Waals surface area (Å²) in [5.41, 5.74) is 6.56. The van der Waals surface area contributed by atoms with Crippen LogP contribution in [0.2, 0.25) is 0 Å². The molecule has 0 saturated carbocycles. The van der Waals surface area contributed by atoms with Crippen molar-refractivity contribution in [3.05, 3.63) is 80.9 Å². The van der Waals surface area contributed by atoms with Crippen molar-refractivity contribution in [2.45, 2.75) is 33.6 Å². The van der Waals surface area contributed by atoms with Gasteiger partial charge in [0, 0.05) is 36.0 Å². The van der Waals surface area contributed by atoms with Gasteiger partial charge in [-0.25, -0.2) is 4.98 Å². The first-order chi connectivity index (χ1) is 16.8. The lowest BCUT2D eigenvalue weighted by Crippen LogP contribution is -2.20. The molecule has 3 aromatic carbocycles. The highest BCUT2D eigenvalue weighted by molar-refractivity contribution is 6.05. The van der Waals surface area contributed by atoms with Crippen LogP contribution >= 0.6 is 0 Å². The number of benzene rings is 3. The Bertz CT molecular complexity index is 1470. The number of hydrogen-bond donors (Lipinski definition) is 1. The summed E-state index contributed by atoms with van der Waals surface area (Å²) in [5, 5.41) is 14.6. The molecule has 178 valence electrons. The maximum Gasteiger partial charge on any atom is 0.293 e. The molecule has 0 unspecified atom stereocenters. The van der Waals surface area contributed by atoms with Gasteiger partial charge >= 0.3 is 0 Å². The van der Waals surface area contributed by atoms with Gasteiger partial charge in [0.1, 0.15) is 11.2 Å². The fourth-order valence-electron chi connectivity index (χ4n) is 4.62. The van der Waals surface area contributed by atoms with Crippen molar-refractivity contribution in [3.63, 3.8) is 0 Å². The third-order valence-corrected chi connectivity index (χ3v) is 6.43. The van der Waals surface area contributed by atoms with E-state index in [1.165, 1.54) is 6.07 Å². The third kappa shape index (κ3) is 4.35. The smallest absolute Gasteiger partial charge is 0.293 e. The summed E-state index contributed by atoms with van der Waals surface area (Å²) >= 11 is 0. The van der Waals surface area contributed by atoms with E-state index in [-0.39, 0.29) is 11.3 Å². The van der Waals surface area contributed by atoms with Gasteiger partial charge in [0.05, 0.1) is 4.92 Å². The number of oxazole rings is 1.